The van der Waals surface area contributed by atoms with Crippen molar-refractivity contribution in [1.29, 1.82) is 0 Å². The van der Waals surface area contributed by atoms with Crippen LogP contribution < -0.4 is 15.3 Å². The summed E-state index contributed by atoms with van der Waals surface area (Å²) in [6, 6.07) is 11.8. The number of aliphatic carboxylic acids is 1. The second-order valence-corrected chi connectivity index (χ2v) is 7.75. The molecule has 2 saturated heterocycles. The Bertz CT molecular complexity index is 992. The zero-order chi connectivity index (χ0) is 20.2. The molecular weight excluding hydrogens is 384 g/mol. The van der Waals surface area contributed by atoms with Gasteiger partial charge in [0.05, 0.1) is 11.3 Å². The number of carbonyl (C=O) groups excluding carboxylic acids is 3. The number of imide groups is 1. The summed E-state index contributed by atoms with van der Waals surface area (Å²) < 4.78 is 0. The molecule has 7 nitrogen and oxygen atoms in total. The highest BCUT2D eigenvalue weighted by Crippen LogP contribution is 2.46. The second-order valence-electron chi connectivity index (χ2n) is 7.31. The first-order valence-electron chi connectivity index (χ1n) is 8.74. The van der Waals surface area contributed by atoms with E-state index in [-0.39, 0.29) is 5.75 Å². The molecule has 144 valence electrons. The largest absolute Gasteiger partial charge is 0.544 e. The van der Waals surface area contributed by atoms with Crippen LogP contribution in [0.2, 0.25) is 5.02 Å². The molecule has 0 bridgehead atoms. The molecule has 2 aromatic carbocycles. The van der Waals surface area contributed by atoms with E-state index in [1.807, 2.05) is 0 Å². The quantitative estimate of drug-likeness (QED) is 0.703. The van der Waals surface area contributed by atoms with E-state index in [2.05, 4.69) is 0 Å². The highest BCUT2D eigenvalue weighted by molar-refractivity contribution is 6.31. The number of amides is 2. The number of fused-ring (bicyclic) bond motifs is 1. The number of carbonyl (C=O) groups is 3. The van der Waals surface area contributed by atoms with Gasteiger partial charge in [0.25, 0.3) is 0 Å². The van der Waals surface area contributed by atoms with E-state index in [0.717, 1.165) is 4.90 Å². The minimum Gasteiger partial charge on any atom is -0.544 e. The van der Waals surface area contributed by atoms with Gasteiger partial charge in [0.1, 0.15) is 35.1 Å². The number of aromatic hydroxyl groups is 1. The molecule has 4 atom stereocenters. The second kappa shape index (κ2) is 6.32. The molecule has 0 spiro atoms. The van der Waals surface area contributed by atoms with Gasteiger partial charge in [-0.05, 0) is 43.3 Å². The van der Waals surface area contributed by atoms with Crippen molar-refractivity contribution in [3.63, 3.8) is 0 Å². The van der Waals surface area contributed by atoms with E-state index in [4.69, 9.17) is 11.6 Å². The van der Waals surface area contributed by atoms with E-state index in [1.54, 1.807) is 30.3 Å². The SMILES string of the molecule is C[C@]1(C(=O)[O-])[NH2+][C@@H](c2ccccc2O)[C@H]2C(=O)N(c3ccc(Cl)cc3)C(=O)[C@@H]21. The van der Waals surface area contributed by atoms with Crippen molar-refractivity contribution in [2.75, 3.05) is 4.90 Å². The number of benzene rings is 2. The normalized spacial score (nSPS) is 29.2. The van der Waals surface area contributed by atoms with Crippen LogP contribution in [0.1, 0.15) is 18.5 Å². The highest BCUT2D eigenvalue weighted by Gasteiger charge is 2.68. The number of halogens is 1. The van der Waals surface area contributed by atoms with Crippen LogP contribution in [0.3, 0.4) is 0 Å². The predicted molar refractivity (Wildman–Crippen MR) is 97.1 cm³/mol. The van der Waals surface area contributed by atoms with E-state index in [9.17, 15) is 24.6 Å². The molecule has 2 aromatic rings. The fourth-order valence-corrected chi connectivity index (χ4v) is 4.48. The van der Waals surface area contributed by atoms with Crippen molar-refractivity contribution in [3.05, 3.63) is 59.1 Å². The van der Waals surface area contributed by atoms with Crippen LogP contribution >= 0.6 is 11.6 Å². The molecule has 2 aliphatic heterocycles. The van der Waals surface area contributed by atoms with Crippen LogP contribution in [0.4, 0.5) is 5.69 Å². The summed E-state index contributed by atoms with van der Waals surface area (Å²) in [6.45, 7) is 1.39. The van der Waals surface area contributed by atoms with Gasteiger partial charge < -0.3 is 20.3 Å². The number of phenols is 1. The monoisotopic (exact) mass is 400 g/mol. The van der Waals surface area contributed by atoms with Crippen molar-refractivity contribution >= 4 is 35.1 Å². The minimum atomic E-state index is -1.65. The summed E-state index contributed by atoms with van der Waals surface area (Å²) in [7, 11) is 0. The van der Waals surface area contributed by atoms with Crippen molar-refractivity contribution in [3.8, 4) is 5.75 Å². The Kier molecular flexibility index (Phi) is 4.17. The highest BCUT2D eigenvalue weighted by atomic mass is 35.5. The first-order valence-corrected chi connectivity index (χ1v) is 9.12. The smallest absolute Gasteiger partial charge is 0.244 e. The third-order valence-electron chi connectivity index (χ3n) is 5.73. The summed E-state index contributed by atoms with van der Waals surface area (Å²) >= 11 is 5.89. The molecule has 3 N–H and O–H groups in total. The molecule has 8 heteroatoms. The van der Waals surface area contributed by atoms with Gasteiger partial charge >= 0.3 is 0 Å². The number of quaternary nitrogens is 1. The van der Waals surface area contributed by atoms with Crippen molar-refractivity contribution in [1.82, 2.24) is 0 Å². The Balaban J connectivity index is 1.84. The zero-order valence-electron chi connectivity index (χ0n) is 14.8. The number of anilines is 1. The lowest BCUT2D eigenvalue weighted by Gasteiger charge is -2.29. The van der Waals surface area contributed by atoms with Crippen LogP contribution in [0.5, 0.6) is 5.75 Å². The molecule has 0 aliphatic carbocycles. The number of rotatable bonds is 3. The predicted octanol–water partition coefficient (Wildman–Crippen LogP) is -0.0219. The Morgan fingerprint density at radius 1 is 1.14 bits per heavy atom. The number of nitrogens with two attached hydrogens (primary N) is 1. The lowest BCUT2D eigenvalue weighted by atomic mass is 9.80. The Morgan fingerprint density at radius 2 is 1.79 bits per heavy atom. The maximum absolute atomic E-state index is 13.2. The van der Waals surface area contributed by atoms with Gasteiger partial charge in [-0.25, -0.2) is 4.90 Å². The van der Waals surface area contributed by atoms with Crippen LogP contribution in [-0.4, -0.2) is 28.4 Å². The van der Waals surface area contributed by atoms with Gasteiger partial charge in [0.2, 0.25) is 11.8 Å². The van der Waals surface area contributed by atoms with Gasteiger partial charge in [0, 0.05) is 5.02 Å². The number of hydrogen-bond acceptors (Lipinski definition) is 5. The van der Waals surface area contributed by atoms with E-state index in [0.29, 0.717) is 16.3 Å². The average molecular weight is 401 g/mol. The molecule has 0 saturated carbocycles. The average Bonchev–Trinajstić information content (AvgIpc) is 3.11. The van der Waals surface area contributed by atoms with Crippen molar-refractivity contribution in [2.24, 2.45) is 11.8 Å². The number of nitrogens with zero attached hydrogens (tertiary/aromatic N) is 1. The fourth-order valence-electron chi connectivity index (χ4n) is 4.36. The molecule has 0 aromatic heterocycles. The summed E-state index contributed by atoms with van der Waals surface area (Å²) in [5.74, 6) is -4.66. The first kappa shape index (κ1) is 18.5. The van der Waals surface area contributed by atoms with Gasteiger partial charge in [-0.2, -0.15) is 0 Å². The van der Waals surface area contributed by atoms with Crippen molar-refractivity contribution in [2.45, 2.75) is 18.5 Å². The number of para-hydroxylation sites is 1. The van der Waals surface area contributed by atoms with Gasteiger partial charge in [-0.3, -0.25) is 9.59 Å². The molecule has 2 fully saturated rings. The van der Waals surface area contributed by atoms with Crippen LogP contribution in [-0.2, 0) is 14.4 Å². The molecule has 0 unspecified atom stereocenters. The maximum Gasteiger partial charge on any atom is 0.244 e. The van der Waals surface area contributed by atoms with Crippen molar-refractivity contribution < 1.29 is 29.9 Å². The Hall–Kier alpha value is -2.90. The standard InChI is InChI=1S/C20H17ClN2O5/c1-20(19(27)28)15-14(16(22-20)12-4-2-3-5-13(12)24)17(25)23(18(15)26)11-8-6-10(21)7-9-11/h2-9,14-16,22,24H,1H3,(H,27,28)/t14-,15+,16-,20-/m0/s1. The summed E-state index contributed by atoms with van der Waals surface area (Å²) in [4.78, 5) is 39.4. The zero-order valence-corrected chi connectivity index (χ0v) is 15.6. The van der Waals surface area contributed by atoms with Crippen LogP contribution in [0, 0.1) is 11.8 Å². The summed E-state index contributed by atoms with van der Waals surface area (Å²) in [6.07, 6.45) is 0. The molecule has 2 amide bonds. The summed E-state index contributed by atoms with van der Waals surface area (Å²) in [5, 5.41) is 24.1. The molecule has 2 heterocycles. The third-order valence-corrected chi connectivity index (χ3v) is 5.98. The van der Waals surface area contributed by atoms with Crippen LogP contribution in [0.15, 0.2) is 48.5 Å². The molecule has 28 heavy (non-hydrogen) atoms. The first-order chi connectivity index (χ1) is 13.3. The lowest BCUT2D eigenvalue weighted by molar-refractivity contribution is -0.735. The third kappa shape index (κ3) is 2.51. The van der Waals surface area contributed by atoms with Gasteiger partial charge in [-0.1, -0.05) is 23.7 Å². The molecule has 0 radical (unpaired) electrons. The topological polar surface area (TPSA) is 114 Å². The molecular formula is C20H17ClN2O5. The summed E-state index contributed by atoms with van der Waals surface area (Å²) in [5.41, 5.74) is -0.918. The fraction of sp³-hybridized carbons (Fsp3) is 0.250. The van der Waals surface area contributed by atoms with E-state index >= 15 is 0 Å². The number of carboxylic acid groups (broad SMARTS) is 1. The van der Waals surface area contributed by atoms with Crippen LogP contribution in [0.25, 0.3) is 0 Å². The maximum atomic E-state index is 13.2. The number of hydrogen-bond donors (Lipinski definition) is 2. The van der Waals surface area contributed by atoms with E-state index < -0.39 is 41.2 Å². The molecule has 4 rings (SSSR count). The number of phenolic OH excluding ortho intramolecular Hbond substituents is 1. The van der Waals surface area contributed by atoms with Gasteiger partial charge in [-0.15, -0.1) is 0 Å². The Labute approximate surface area is 165 Å². The number of carboxylic acids is 1. The van der Waals surface area contributed by atoms with E-state index in [1.165, 1.54) is 30.4 Å². The molecule has 2 aliphatic rings. The Morgan fingerprint density at radius 3 is 2.39 bits per heavy atom. The minimum absolute atomic E-state index is 0.0599. The van der Waals surface area contributed by atoms with Gasteiger partial charge in [0.15, 0.2) is 0 Å². The lowest BCUT2D eigenvalue weighted by Crippen LogP contribution is -2.98.